The summed E-state index contributed by atoms with van der Waals surface area (Å²) < 4.78 is 38.3. The summed E-state index contributed by atoms with van der Waals surface area (Å²) in [5, 5.41) is 2.34. The quantitative estimate of drug-likeness (QED) is 0.570. The van der Waals surface area contributed by atoms with E-state index in [9.17, 15) is 27.6 Å². The first-order chi connectivity index (χ1) is 11.5. The van der Waals surface area contributed by atoms with Crippen LogP contribution in [0.3, 0.4) is 0 Å². The van der Waals surface area contributed by atoms with E-state index in [0.717, 1.165) is 4.90 Å². The van der Waals surface area contributed by atoms with Gasteiger partial charge in [-0.15, -0.1) is 0 Å². The number of oxime groups is 1. The van der Waals surface area contributed by atoms with Gasteiger partial charge in [0.05, 0.1) is 21.2 Å². The number of carbonyl (C=O) groups is 3. The molecule has 1 aromatic carbocycles. The molecule has 0 N–H and O–H groups in total. The number of alkyl halides is 3. The molecule has 0 spiro atoms. The Labute approximate surface area is 148 Å². The van der Waals surface area contributed by atoms with E-state index in [4.69, 9.17) is 28.0 Å². The van der Waals surface area contributed by atoms with Crippen molar-refractivity contribution in [1.82, 2.24) is 4.90 Å². The maximum atomic E-state index is 12.8. The first-order valence-corrected chi connectivity index (χ1v) is 7.45. The molecule has 2 aliphatic heterocycles. The van der Waals surface area contributed by atoms with Gasteiger partial charge in [-0.2, -0.15) is 13.2 Å². The monoisotopic (exact) mass is 394 g/mol. The molecular weight excluding hydrogens is 388 g/mol. The molecule has 6 nitrogen and oxygen atoms in total. The number of likely N-dealkylation sites (N-methyl/N-ethyl adjacent to an activating group) is 1. The highest BCUT2D eigenvalue weighted by molar-refractivity contribution is 6.55. The Morgan fingerprint density at radius 2 is 1.76 bits per heavy atom. The zero-order valence-electron chi connectivity index (χ0n) is 12.2. The number of nitrogens with zero attached hydrogens (tertiary/aromatic N) is 2. The van der Waals surface area contributed by atoms with Gasteiger partial charge < -0.3 is 4.84 Å². The van der Waals surface area contributed by atoms with Crippen LogP contribution in [0.4, 0.5) is 13.2 Å². The Morgan fingerprint density at radius 1 is 1.20 bits per heavy atom. The van der Waals surface area contributed by atoms with Crippen molar-refractivity contribution >= 4 is 46.5 Å². The van der Waals surface area contributed by atoms with Gasteiger partial charge in [-0.1, -0.05) is 28.4 Å². The summed E-state index contributed by atoms with van der Waals surface area (Å²) in [7, 11) is 1.21. The van der Waals surface area contributed by atoms with Gasteiger partial charge in [0.1, 0.15) is 11.6 Å². The molecule has 0 aliphatic carbocycles. The second kappa shape index (κ2) is 5.70. The minimum atomic E-state index is -4.70. The summed E-state index contributed by atoms with van der Waals surface area (Å²) in [5.41, 5.74) is -2.02. The Hall–Kier alpha value is -2.13. The molecule has 0 radical (unpaired) electrons. The largest absolute Gasteiger partial charge is 0.416 e. The van der Waals surface area contributed by atoms with Gasteiger partial charge in [0.2, 0.25) is 17.8 Å². The molecule has 1 aromatic rings. The minimum Gasteiger partial charge on any atom is -0.381 e. The number of imide groups is 1. The van der Waals surface area contributed by atoms with E-state index in [2.05, 4.69) is 5.16 Å². The summed E-state index contributed by atoms with van der Waals surface area (Å²) in [6.45, 7) is 0. The molecule has 1 saturated heterocycles. The summed E-state index contributed by atoms with van der Waals surface area (Å²) in [6, 6.07) is 1.09. The van der Waals surface area contributed by atoms with Crippen molar-refractivity contribution < 1.29 is 32.4 Å². The molecule has 0 aromatic heterocycles. The Kier molecular flexibility index (Phi) is 4.03. The number of Topliss-reactive ketones (excluding diaryl/α,β-unsaturated/α-hetero) is 1. The average molecular weight is 395 g/mol. The molecule has 25 heavy (non-hydrogen) atoms. The van der Waals surface area contributed by atoms with Crippen molar-refractivity contribution in [2.24, 2.45) is 11.1 Å². The molecule has 2 heterocycles. The van der Waals surface area contributed by atoms with Crippen LogP contribution < -0.4 is 0 Å². The average Bonchev–Trinajstić information content (AvgIpc) is 3.03. The molecule has 11 heteroatoms. The Bertz CT molecular complexity index is 830. The predicted octanol–water partition coefficient (Wildman–Crippen LogP) is 2.56. The summed E-state index contributed by atoms with van der Waals surface area (Å²) in [5.74, 6) is -3.64. The Balaban J connectivity index is 2.00. The molecule has 2 aliphatic rings. The van der Waals surface area contributed by atoms with Crippen LogP contribution in [0.15, 0.2) is 17.3 Å². The molecule has 1 fully saturated rings. The van der Waals surface area contributed by atoms with Gasteiger partial charge in [0.25, 0.3) is 5.91 Å². The number of likely N-dealkylation sites (tertiary alicyclic amines) is 1. The van der Waals surface area contributed by atoms with Gasteiger partial charge in [-0.25, -0.2) is 0 Å². The first-order valence-electron chi connectivity index (χ1n) is 6.70. The fraction of sp³-hybridized carbons (Fsp3) is 0.286. The summed E-state index contributed by atoms with van der Waals surface area (Å²) in [4.78, 5) is 42.1. The number of hydrogen-bond acceptors (Lipinski definition) is 5. The first kappa shape index (κ1) is 17.7. The van der Waals surface area contributed by atoms with Crippen LogP contribution >= 0.6 is 23.2 Å². The number of carbonyl (C=O) groups excluding carboxylic acids is 3. The number of benzene rings is 1. The van der Waals surface area contributed by atoms with Crippen molar-refractivity contribution in [3.05, 3.63) is 33.3 Å². The van der Waals surface area contributed by atoms with Gasteiger partial charge >= 0.3 is 6.18 Å². The van der Waals surface area contributed by atoms with Crippen LogP contribution in [0.5, 0.6) is 0 Å². The third kappa shape index (κ3) is 2.67. The molecular formula is C14H7Cl2F3N2O4. The fourth-order valence-corrected chi connectivity index (χ4v) is 3.24. The minimum absolute atomic E-state index is 0.434. The Morgan fingerprint density at radius 3 is 2.28 bits per heavy atom. The van der Waals surface area contributed by atoms with E-state index in [0.29, 0.717) is 12.1 Å². The van der Waals surface area contributed by atoms with Crippen molar-refractivity contribution in [1.29, 1.82) is 0 Å². The van der Waals surface area contributed by atoms with Crippen LogP contribution in [0.1, 0.15) is 15.9 Å². The van der Waals surface area contributed by atoms with Crippen LogP contribution in [0, 0.1) is 5.92 Å². The van der Waals surface area contributed by atoms with Gasteiger partial charge in [0.15, 0.2) is 0 Å². The van der Waals surface area contributed by atoms with Crippen molar-refractivity contribution in [3.8, 4) is 0 Å². The molecule has 2 atom stereocenters. The van der Waals surface area contributed by atoms with Gasteiger partial charge in [0, 0.05) is 7.05 Å². The normalized spacial score (nSPS) is 22.8. The second-order valence-corrected chi connectivity index (χ2v) is 6.17. The SMILES string of the molecule is CN1C(=O)C2ON=C(C(=O)c3c(Cl)cc(C(F)(F)F)cc3Cl)C2C1=O. The van der Waals surface area contributed by atoms with Crippen LogP contribution in [-0.4, -0.2) is 41.4 Å². The standard InChI is InChI=1S/C14H7Cl2F3N2O4/c1-21-12(23)8-9(20-25-11(8)13(21)24)10(22)7-5(15)2-4(3-6(7)16)14(17,18)19/h2-3,8,11H,1H3. The lowest BCUT2D eigenvalue weighted by Gasteiger charge is -2.12. The summed E-state index contributed by atoms with van der Waals surface area (Å²) in [6.07, 6.45) is -5.98. The predicted molar refractivity (Wildman–Crippen MR) is 79.4 cm³/mol. The smallest absolute Gasteiger partial charge is 0.381 e. The topological polar surface area (TPSA) is 76.0 Å². The lowest BCUT2D eigenvalue weighted by atomic mass is 9.93. The lowest BCUT2D eigenvalue weighted by molar-refractivity contribution is -0.140. The maximum absolute atomic E-state index is 12.8. The third-order valence-corrected chi connectivity index (χ3v) is 4.46. The zero-order valence-corrected chi connectivity index (χ0v) is 13.7. The van der Waals surface area contributed by atoms with Crippen LogP contribution in [-0.2, 0) is 20.6 Å². The number of amides is 2. The summed E-state index contributed by atoms with van der Waals surface area (Å²) >= 11 is 11.6. The molecule has 2 amide bonds. The van der Waals surface area contributed by atoms with Gasteiger partial charge in [-0.05, 0) is 12.1 Å². The van der Waals surface area contributed by atoms with Crippen molar-refractivity contribution in [2.45, 2.75) is 12.3 Å². The highest BCUT2D eigenvalue weighted by Gasteiger charge is 2.56. The molecule has 0 bridgehead atoms. The van der Waals surface area contributed by atoms with Crippen LogP contribution in [0.2, 0.25) is 10.0 Å². The lowest BCUT2D eigenvalue weighted by Crippen LogP contribution is -2.32. The van der Waals surface area contributed by atoms with E-state index in [1.165, 1.54) is 7.05 Å². The van der Waals surface area contributed by atoms with Crippen LogP contribution in [0.25, 0.3) is 0 Å². The number of fused-ring (bicyclic) bond motifs is 1. The second-order valence-electron chi connectivity index (χ2n) is 5.36. The highest BCUT2D eigenvalue weighted by Crippen LogP contribution is 2.38. The van der Waals surface area contributed by atoms with Crippen molar-refractivity contribution in [2.75, 3.05) is 7.05 Å². The van der Waals surface area contributed by atoms with E-state index in [-0.39, 0.29) is 0 Å². The highest BCUT2D eigenvalue weighted by atomic mass is 35.5. The number of rotatable bonds is 2. The third-order valence-electron chi connectivity index (χ3n) is 3.86. The fourth-order valence-electron chi connectivity index (χ4n) is 2.58. The number of ketones is 1. The molecule has 3 rings (SSSR count). The van der Waals surface area contributed by atoms with E-state index < -0.39 is 62.7 Å². The van der Waals surface area contributed by atoms with E-state index in [1.54, 1.807) is 0 Å². The number of halogens is 5. The molecule has 2 unspecified atom stereocenters. The number of hydrogen-bond donors (Lipinski definition) is 0. The molecule has 0 saturated carbocycles. The zero-order chi connectivity index (χ0) is 18.7. The van der Waals surface area contributed by atoms with Crippen molar-refractivity contribution in [3.63, 3.8) is 0 Å². The van der Waals surface area contributed by atoms with E-state index >= 15 is 0 Å². The van der Waals surface area contributed by atoms with Gasteiger partial charge in [-0.3, -0.25) is 19.3 Å². The van der Waals surface area contributed by atoms with E-state index in [1.807, 2.05) is 0 Å². The maximum Gasteiger partial charge on any atom is 0.416 e. The molecule has 132 valence electrons.